The summed E-state index contributed by atoms with van der Waals surface area (Å²) in [5, 5.41) is 0. The predicted octanol–water partition coefficient (Wildman–Crippen LogP) is 6.51. The summed E-state index contributed by atoms with van der Waals surface area (Å²) < 4.78 is 6.78. The first-order chi connectivity index (χ1) is 12.1. The van der Waals surface area contributed by atoms with Crippen LogP contribution in [0.15, 0.2) is 40.9 Å². The van der Waals surface area contributed by atoms with Crippen LogP contribution < -0.4 is 4.74 Å². The van der Waals surface area contributed by atoms with E-state index in [0.717, 1.165) is 40.6 Å². The molecule has 0 radical (unpaired) electrons. The predicted molar refractivity (Wildman–Crippen MR) is 108 cm³/mol. The van der Waals surface area contributed by atoms with Crippen molar-refractivity contribution in [1.29, 1.82) is 0 Å². The molecule has 134 valence electrons. The lowest BCUT2D eigenvalue weighted by Crippen LogP contribution is -2.25. The summed E-state index contributed by atoms with van der Waals surface area (Å²) in [7, 11) is 0. The molecule has 0 atom stereocenters. The van der Waals surface area contributed by atoms with Gasteiger partial charge in [0.25, 0.3) is 0 Å². The van der Waals surface area contributed by atoms with E-state index in [-0.39, 0.29) is 5.78 Å². The van der Waals surface area contributed by atoms with Crippen molar-refractivity contribution in [2.75, 3.05) is 0 Å². The van der Waals surface area contributed by atoms with Gasteiger partial charge in [-0.15, -0.1) is 0 Å². The zero-order valence-corrected chi connectivity index (χ0v) is 17.2. The first-order valence-electron chi connectivity index (χ1n) is 9.19. The Morgan fingerprint density at radius 2 is 1.80 bits per heavy atom. The van der Waals surface area contributed by atoms with Crippen molar-refractivity contribution in [2.24, 2.45) is 0 Å². The van der Waals surface area contributed by atoms with Crippen molar-refractivity contribution in [2.45, 2.75) is 59.5 Å². The second-order valence-corrected chi connectivity index (χ2v) is 7.00. The Morgan fingerprint density at radius 1 is 1.16 bits per heavy atom. The van der Waals surface area contributed by atoms with Gasteiger partial charge in [0.05, 0.1) is 6.10 Å². The Bertz CT molecular complexity index is 716. The summed E-state index contributed by atoms with van der Waals surface area (Å²) in [4.78, 5) is 12.7. The van der Waals surface area contributed by atoms with Crippen LogP contribution in [-0.4, -0.2) is 11.9 Å². The first-order valence-corrected chi connectivity index (χ1v) is 9.98. The molecule has 0 unspecified atom stereocenters. The molecule has 0 saturated heterocycles. The maximum atomic E-state index is 12.7. The average Bonchev–Trinajstić information content (AvgIpc) is 2.61. The summed E-state index contributed by atoms with van der Waals surface area (Å²) in [5.74, 6) is 0.914. The molecule has 1 fully saturated rings. The molecule has 1 aliphatic carbocycles. The van der Waals surface area contributed by atoms with E-state index in [1.54, 1.807) is 0 Å². The van der Waals surface area contributed by atoms with Crippen molar-refractivity contribution < 1.29 is 9.53 Å². The maximum absolute atomic E-state index is 12.7. The number of benzene rings is 2. The summed E-state index contributed by atoms with van der Waals surface area (Å²) in [6.07, 6.45) is 4.81. The molecule has 0 aliphatic heterocycles. The Kier molecular flexibility index (Phi) is 7.24. The quantitative estimate of drug-likeness (QED) is 0.532. The third kappa shape index (κ3) is 4.72. The Labute approximate surface area is 159 Å². The van der Waals surface area contributed by atoms with Crippen LogP contribution in [0.5, 0.6) is 5.75 Å². The van der Waals surface area contributed by atoms with Crippen LogP contribution in [0.25, 0.3) is 0 Å². The minimum atomic E-state index is 0.0397. The number of ether oxygens (including phenoxy) is 1. The molecule has 1 saturated carbocycles. The minimum absolute atomic E-state index is 0.0397. The summed E-state index contributed by atoms with van der Waals surface area (Å²) in [5.41, 5.74) is 3.65. The van der Waals surface area contributed by atoms with Gasteiger partial charge >= 0.3 is 0 Å². The van der Waals surface area contributed by atoms with Gasteiger partial charge in [-0.05, 0) is 71.8 Å². The minimum Gasteiger partial charge on any atom is -0.490 e. The molecule has 1 aliphatic rings. The topological polar surface area (TPSA) is 26.3 Å². The average molecular weight is 403 g/mol. The van der Waals surface area contributed by atoms with Gasteiger partial charge in [0.15, 0.2) is 5.78 Å². The zero-order chi connectivity index (χ0) is 18.4. The molecule has 2 nitrogen and oxygen atoms in total. The van der Waals surface area contributed by atoms with Gasteiger partial charge < -0.3 is 4.74 Å². The molecule has 0 N–H and O–H groups in total. The summed E-state index contributed by atoms with van der Waals surface area (Å²) >= 11 is 3.54. The number of carbonyl (C=O) groups is 1. The summed E-state index contributed by atoms with van der Waals surface area (Å²) in [6, 6.07) is 11.7. The standard InChI is InChI=1S/C20H21BrO2.C2H6/c1-3-14-7-9-15(10-8-14)20(22)17-11-13(2)19(12-18(17)21)23-16-5-4-6-16;1-2/h7-12,16H,3-6H2,1-2H3;1-2H3. The molecule has 0 bridgehead atoms. The fraction of sp³-hybridized carbons (Fsp3) is 0.409. The lowest BCUT2D eigenvalue weighted by atomic mass is 9.96. The lowest BCUT2D eigenvalue weighted by molar-refractivity contribution is 0.103. The van der Waals surface area contributed by atoms with Gasteiger partial charge in [-0.25, -0.2) is 0 Å². The van der Waals surface area contributed by atoms with Crippen LogP contribution >= 0.6 is 15.9 Å². The molecule has 25 heavy (non-hydrogen) atoms. The van der Waals surface area contributed by atoms with Gasteiger partial charge in [0.2, 0.25) is 0 Å². The normalized spacial score (nSPS) is 13.5. The molecule has 0 heterocycles. The van der Waals surface area contributed by atoms with E-state index >= 15 is 0 Å². The zero-order valence-electron chi connectivity index (χ0n) is 15.6. The molecular weight excluding hydrogens is 376 g/mol. The Balaban J connectivity index is 0.00000109. The molecule has 3 rings (SSSR count). The van der Waals surface area contributed by atoms with Crippen molar-refractivity contribution in [3.8, 4) is 5.75 Å². The molecular formula is C22H27BrO2. The summed E-state index contributed by atoms with van der Waals surface area (Å²) in [6.45, 7) is 8.11. The highest BCUT2D eigenvalue weighted by Crippen LogP contribution is 2.32. The van der Waals surface area contributed by atoms with Crippen LogP contribution in [0.1, 0.15) is 67.1 Å². The van der Waals surface area contributed by atoms with Gasteiger partial charge in [-0.1, -0.05) is 45.0 Å². The highest BCUT2D eigenvalue weighted by molar-refractivity contribution is 9.10. The van der Waals surface area contributed by atoms with Gasteiger partial charge in [-0.2, -0.15) is 0 Å². The molecule has 2 aromatic rings. The monoisotopic (exact) mass is 402 g/mol. The van der Waals surface area contributed by atoms with Crippen LogP contribution in [0.2, 0.25) is 0 Å². The maximum Gasteiger partial charge on any atom is 0.194 e. The van der Waals surface area contributed by atoms with Crippen molar-refractivity contribution >= 4 is 21.7 Å². The highest BCUT2D eigenvalue weighted by Gasteiger charge is 2.21. The second-order valence-electron chi connectivity index (χ2n) is 6.15. The van der Waals surface area contributed by atoms with E-state index in [2.05, 4.69) is 22.9 Å². The van der Waals surface area contributed by atoms with E-state index in [4.69, 9.17) is 4.74 Å². The number of carbonyl (C=O) groups excluding carboxylic acids is 1. The fourth-order valence-corrected chi connectivity index (χ4v) is 3.18. The van der Waals surface area contributed by atoms with E-state index in [1.165, 1.54) is 12.0 Å². The molecule has 0 aromatic heterocycles. The number of hydrogen-bond donors (Lipinski definition) is 0. The van der Waals surface area contributed by atoms with Crippen LogP contribution in [0, 0.1) is 6.92 Å². The Hall–Kier alpha value is -1.61. The van der Waals surface area contributed by atoms with E-state index < -0.39 is 0 Å². The van der Waals surface area contributed by atoms with Gasteiger partial charge in [0, 0.05) is 15.6 Å². The van der Waals surface area contributed by atoms with Crippen LogP contribution in [-0.2, 0) is 6.42 Å². The van der Waals surface area contributed by atoms with Crippen molar-refractivity contribution in [1.82, 2.24) is 0 Å². The first kappa shape index (κ1) is 19.7. The number of rotatable bonds is 5. The third-order valence-corrected chi connectivity index (χ3v) is 5.14. The van der Waals surface area contributed by atoms with Gasteiger partial charge in [0.1, 0.15) is 5.75 Å². The van der Waals surface area contributed by atoms with Crippen LogP contribution in [0.3, 0.4) is 0 Å². The second kappa shape index (κ2) is 9.19. The molecule has 2 aromatic carbocycles. The van der Waals surface area contributed by atoms with E-state index in [1.807, 2.05) is 57.2 Å². The van der Waals surface area contributed by atoms with E-state index in [9.17, 15) is 4.79 Å². The Morgan fingerprint density at radius 3 is 2.32 bits per heavy atom. The lowest BCUT2D eigenvalue weighted by Gasteiger charge is -2.27. The number of halogens is 1. The highest BCUT2D eigenvalue weighted by atomic mass is 79.9. The SMILES string of the molecule is CC.CCc1ccc(C(=O)c2cc(C)c(OC3CCC3)cc2Br)cc1. The van der Waals surface area contributed by atoms with E-state index in [0.29, 0.717) is 11.7 Å². The van der Waals surface area contributed by atoms with Crippen LogP contribution in [0.4, 0.5) is 0 Å². The molecule has 0 amide bonds. The van der Waals surface area contributed by atoms with Crippen molar-refractivity contribution in [3.63, 3.8) is 0 Å². The molecule has 0 spiro atoms. The number of hydrogen-bond acceptors (Lipinski definition) is 2. The third-order valence-electron chi connectivity index (χ3n) is 4.48. The van der Waals surface area contributed by atoms with Crippen molar-refractivity contribution in [3.05, 3.63) is 63.1 Å². The molecule has 3 heteroatoms. The number of aryl methyl sites for hydroxylation is 2. The smallest absolute Gasteiger partial charge is 0.194 e. The largest absolute Gasteiger partial charge is 0.490 e. The van der Waals surface area contributed by atoms with Gasteiger partial charge in [-0.3, -0.25) is 4.79 Å². The number of ketones is 1. The fourth-order valence-electron chi connectivity index (χ4n) is 2.68.